The number of hydrogen-bond donors (Lipinski definition) is 1. The van der Waals surface area contributed by atoms with Gasteiger partial charge in [0, 0.05) is 25.6 Å². The van der Waals surface area contributed by atoms with Crippen LogP contribution < -0.4 is 0 Å². The second kappa shape index (κ2) is 6.53. The van der Waals surface area contributed by atoms with Crippen LogP contribution in [0, 0.1) is 0 Å². The van der Waals surface area contributed by atoms with Crippen LogP contribution in [0.5, 0.6) is 0 Å². The zero-order valence-electron chi connectivity index (χ0n) is 12.1. The molecule has 4 heteroatoms. The van der Waals surface area contributed by atoms with Gasteiger partial charge in [-0.3, -0.25) is 4.79 Å². The lowest BCUT2D eigenvalue weighted by atomic mass is 9.97. The molecule has 0 saturated carbocycles. The van der Waals surface area contributed by atoms with Crippen LogP contribution in [0.2, 0.25) is 0 Å². The first-order valence-corrected chi connectivity index (χ1v) is 7.36. The predicted octanol–water partition coefficient (Wildman–Crippen LogP) is 1.40. The van der Waals surface area contributed by atoms with Gasteiger partial charge in [-0.25, -0.2) is 0 Å². The van der Waals surface area contributed by atoms with Gasteiger partial charge >= 0.3 is 0 Å². The Labute approximate surface area is 116 Å². The van der Waals surface area contributed by atoms with E-state index in [0.29, 0.717) is 19.4 Å². The Bertz CT molecular complexity index is 352. The van der Waals surface area contributed by atoms with Crippen molar-refractivity contribution in [2.24, 2.45) is 0 Å². The largest absolute Gasteiger partial charge is 0.391 e. The summed E-state index contributed by atoms with van der Waals surface area (Å²) in [6.45, 7) is 1.34. The van der Waals surface area contributed by atoms with E-state index in [1.165, 1.54) is 18.4 Å². The highest BCUT2D eigenvalue weighted by molar-refractivity contribution is 5.79. The standard InChI is InChI=1S/C15H26N2O2/c1-16(2)10-13-9-14(18)11-17(13)15(19)8-12-6-4-3-5-7-12/h6,13-14,18H,3-5,7-11H2,1-2H3. The number of allylic oxidation sites excluding steroid dienone is 1. The van der Waals surface area contributed by atoms with E-state index in [-0.39, 0.29) is 18.1 Å². The van der Waals surface area contributed by atoms with Crippen LogP contribution in [-0.2, 0) is 4.79 Å². The minimum atomic E-state index is -0.353. The molecule has 0 bridgehead atoms. The van der Waals surface area contributed by atoms with Crippen LogP contribution in [0.1, 0.15) is 38.5 Å². The van der Waals surface area contributed by atoms with Crippen LogP contribution >= 0.6 is 0 Å². The third kappa shape index (κ3) is 4.05. The normalized spacial score (nSPS) is 27.8. The summed E-state index contributed by atoms with van der Waals surface area (Å²) in [6.07, 6.45) is 7.79. The number of aliphatic hydroxyl groups is 1. The van der Waals surface area contributed by atoms with E-state index in [1.54, 1.807) is 0 Å². The lowest BCUT2D eigenvalue weighted by Crippen LogP contribution is -2.41. The van der Waals surface area contributed by atoms with E-state index >= 15 is 0 Å². The molecule has 108 valence electrons. The van der Waals surface area contributed by atoms with Gasteiger partial charge in [-0.05, 0) is 46.2 Å². The molecular weight excluding hydrogens is 240 g/mol. The molecule has 19 heavy (non-hydrogen) atoms. The van der Waals surface area contributed by atoms with Gasteiger partial charge in [-0.1, -0.05) is 11.6 Å². The van der Waals surface area contributed by atoms with Gasteiger partial charge in [0.05, 0.1) is 6.10 Å². The summed E-state index contributed by atoms with van der Waals surface area (Å²) < 4.78 is 0. The van der Waals surface area contributed by atoms with Gasteiger partial charge in [0.1, 0.15) is 0 Å². The molecule has 2 rings (SSSR count). The number of amides is 1. The average molecular weight is 266 g/mol. The molecule has 1 saturated heterocycles. The Kier molecular flexibility index (Phi) is 4.99. The summed E-state index contributed by atoms with van der Waals surface area (Å²) in [5.74, 6) is 0.191. The highest BCUT2D eigenvalue weighted by Gasteiger charge is 2.34. The van der Waals surface area contributed by atoms with Crippen LogP contribution in [-0.4, -0.2) is 60.1 Å². The van der Waals surface area contributed by atoms with Crippen molar-refractivity contribution in [3.05, 3.63) is 11.6 Å². The summed E-state index contributed by atoms with van der Waals surface area (Å²) >= 11 is 0. The molecule has 1 fully saturated rings. The second-order valence-electron chi connectivity index (χ2n) is 6.14. The Hall–Kier alpha value is -0.870. The first kappa shape index (κ1) is 14.5. The number of β-amino-alcohol motifs (C(OH)–C–C–N with tert-alkyl or cyclic N) is 1. The Balaban J connectivity index is 1.94. The van der Waals surface area contributed by atoms with E-state index in [0.717, 1.165) is 19.4 Å². The second-order valence-corrected chi connectivity index (χ2v) is 6.14. The molecule has 0 spiro atoms. The topological polar surface area (TPSA) is 43.8 Å². The van der Waals surface area contributed by atoms with Crippen LogP contribution in [0.4, 0.5) is 0 Å². The van der Waals surface area contributed by atoms with Crippen molar-refractivity contribution in [2.75, 3.05) is 27.2 Å². The smallest absolute Gasteiger partial charge is 0.227 e. The van der Waals surface area contributed by atoms with Gasteiger partial charge in [0.15, 0.2) is 0 Å². The van der Waals surface area contributed by atoms with Crippen molar-refractivity contribution >= 4 is 5.91 Å². The number of carbonyl (C=O) groups is 1. The Morgan fingerprint density at radius 3 is 2.89 bits per heavy atom. The lowest BCUT2D eigenvalue weighted by molar-refractivity contribution is -0.131. The van der Waals surface area contributed by atoms with Crippen molar-refractivity contribution in [1.29, 1.82) is 0 Å². The zero-order chi connectivity index (χ0) is 13.8. The number of hydrogen-bond acceptors (Lipinski definition) is 3. The molecule has 1 heterocycles. The van der Waals surface area contributed by atoms with E-state index in [2.05, 4.69) is 11.0 Å². The van der Waals surface area contributed by atoms with E-state index in [4.69, 9.17) is 0 Å². The molecule has 0 aromatic heterocycles. The molecule has 0 aromatic carbocycles. The highest BCUT2D eigenvalue weighted by Crippen LogP contribution is 2.24. The van der Waals surface area contributed by atoms with Gasteiger partial charge in [0.2, 0.25) is 5.91 Å². The van der Waals surface area contributed by atoms with Crippen molar-refractivity contribution in [3.63, 3.8) is 0 Å². The first-order chi connectivity index (χ1) is 9.06. The van der Waals surface area contributed by atoms with E-state index in [9.17, 15) is 9.90 Å². The molecule has 2 aliphatic rings. The van der Waals surface area contributed by atoms with Gasteiger partial charge in [0.25, 0.3) is 0 Å². The number of aliphatic hydroxyl groups excluding tert-OH is 1. The summed E-state index contributed by atoms with van der Waals surface area (Å²) in [6, 6.07) is 0.168. The number of likely N-dealkylation sites (tertiary alicyclic amines) is 1. The fourth-order valence-corrected chi connectivity index (χ4v) is 3.15. The van der Waals surface area contributed by atoms with Crippen molar-refractivity contribution in [3.8, 4) is 0 Å². The molecule has 1 N–H and O–H groups in total. The predicted molar refractivity (Wildman–Crippen MR) is 75.8 cm³/mol. The maximum Gasteiger partial charge on any atom is 0.227 e. The molecule has 1 amide bonds. The molecule has 2 atom stereocenters. The van der Waals surface area contributed by atoms with E-state index < -0.39 is 0 Å². The SMILES string of the molecule is CN(C)CC1CC(O)CN1C(=O)CC1=CCCCC1. The maximum absolute atomic E-state index is 12.4. The molecule has 4 nitrogen and oxygen atoms in total. The van der Waals surface area contributed by atoms with Crippen molar-refractivity contribution < 1.29 is 9.90 Å². The average Bonchev–Trinajstić information content (AvgIpc) is 2.70. The number of nitrogens with zero attached hydrogens (tertiary/aromatic N) is 2. The number of likely N-dealkylation sites (N-methyl/N-ethyl adjacent to an activating group) is 1. The highest BCUT2D eigenvalue weighted by atomic mass is 16.3. The van der Waals surface area contributed by atoms with Crippen LogP contribution in [0.25, 0.3) is 0 Å². The minimum absolute atomic E-state index is 0.168. The number of rotatable bonds is 4. The molecule has 1 aliphatic heterocycles. The maximum atomic E-state index is 12.4. The molecule has 0 radical (unpaired) electrons. The van der Waals surface area contributed by atoms with Gasteiger partial charge in [-0.2, -0.15) is 0 Å². The summed E-state index contributed by atoms with van der Waals surface area (Å²) in [5.41, 5.74) is 1.29. The number of carbonyl (C=O) groups excluding carboxylic acids is 1. The Morgan fingerprint density at radius 1 is 1.47 bits per heavy atom. The van der Waals surface area contributed by atoms with Crippen molar-refractivity contribution in [1.82, 2.24) is 9.80 Å². The molecule has 0 aromatic rings. The van der Waals surface area contributed by atoms with Crippen LogP contribution in [0.15, 0.2) is 11.6 Å². The third-order valence-corrected chi connectivity index (χ3v) is 4.05. The molecule has 2 unspecified atom stereocenters. The monoisotopic (exact) mass is 266 g/mol. The summed E-state index contributed by atoms with van der Waals surface area (Å²) in [5, 5.41) is 9.81. The van der Waals surface area contributed by atoms with Crippen molar-refractivity contribution in [2.45, 2.75) is 50.7 Å². The lowest BCUT2D eigenvalue weighted by Gasteiger charge is -2.27. The molecular formula is C15H26N2O2. The molecule has 1 aliphatic carbocycles. The first-order valence-electron chi connectivity index (χ1n) is 7.36. The Morgan fingerprint density at radius 2 is 2.26 bits per heavy atom. The fourth-order valence-electron chi connectivity index (χ4n) is 3.15. The summed E-state index contributed by atoms with van der Waals surface area (Å²) in [7, 11) is 4.02. The van der Waals surface area contributed by atoms with Crippen LogP contribution in [0.3, 0.4) is 0 Å². The zero-order valence-corrected chi connectivity index (χ0v) is 12.1. The fraction of sp³-hybridized carbons (Fsp3) is 0.800. The van der Waals surface area contributed by atoms with E-state index in [1.807, 2.05) is 19.0 Å². The minimum Gasteiger partial charge on any atom is -0.391 e. The van der Waals surface area contributed by atoms with Gasteiger partial charge < -0.3 is 14.9 Å². The quantitative estimate of drug-likeness (QED) is 0.782. The van der Waals surface area contributed by atoms with Gasteiger partial charge in [-0.15, -0.1) is 0 Å². The summed E-state index contributed by atoms with van der Waals surface area (Å²) in [4.78, 5) is 16.4. The third-order valence-electron chi connectivity index (χ3n) is 4.05.